The number of aryl methyl sites for hydroxylation is 1. The van der Waals surface area contributed by atoms with E-state index in [9.17, 15) is 14.4 Å². The van der Waals surface area contributed by atoms with Crippen LogP contribution in [0.25, 0.3) is 0 Å². The number of rotatable bonds is 3. The lowest BCUT2D eigenvalue weighted by Gasteiger charge is -2.38. The number of hydrogen-bond donors (Lipinski definition) is 1. The number of piperazine rings is 1. The zero-order valence-electron chi connectivity index (χ0n) is 15.9. The minimum Gasteiger partial charge on any atom is -0.343 e. The lowest BCUT2D eigenvalue weighted by atomic mass is 10.1. The van der Waals surface area contributed by atoms with Crippen molar-refractivity contribution in [1.29, 1.82) is 0 Å². The number of benzene rings is 1. The number of carbonyl (C=O) groups excluding carboxylic acids is 3. The quantitative estimate of drug-likeness (QED) is 0.873. The second-order valence-electron chi connectivity index (χ2n) is 7.25. The summed E-state index contributed by atoms with van der Waals surface area (Å²) < 4.78 is 0. The molecule has 0 saturated carbocycles. The molecule has 0 bridgehead atoms. The van der Waals surface area contributed by atoms with E-state index >= 15 is 0 Å². The zero-order chi connectivity index (χ0) is 19.2. The van der Waals surface area contributed by atoms with Crippen molar-refractivity contribution < 1.29 is 14.4 Å². The van der Waals surface area contributed by atoms with Crippen molar-refractivity contribution in [2.24, 2.45) is 0 Å². The molecule has 0 radical (unpaired) electrons. The molecule has 0 aromatic heterocycles. The second kappa shape index (κ2) is 8.88. The number of nitrogens with one attached hydrogen (secondary N) is 1. The van der Waals surface area contributed by atoms with Gasteiger partial charge >= 0.3 is 6.03 Å². The van der Waals surface area contributed by atoms with Gasteiger partial charge < -0.3 is 20.0 Å². The van der Waals surface area contributed by atoms with Gasteiger partial charge in [0.15, 0.2) is 0 Å². The molecule has 2 fully saturated rings. The first-order valence-corrected chi connectivity index (χ1v) is 9.71. The highest BCUT2D eigenvalue weighted by atomic mass is 16.2. The number of urea groups is 1. The van der Waals surface area contributed by atoms with Crippen LogP contribution in [-0.2, 0) is 4.79 Å². The van der Waals surface area contributed by atoms with Crippen LogP contribution in [0, 0.1) is 6.92 Å². The molecule has 0 spiro atoms. The predicted octanol–water partition coefficient (Wildman–Crippen LogP) is 1.47. The largest absolute Gasteiger partial charge is 0.343 e. The number of hydrogen-bond acceptors (Lipinski definition) is 3. The monoisotopic (exact) mass is 372 g/mol. The van der Waals surface area contributed by atoms with E-state index in [2.05, 4.69) is 5.32 Å². The highest BCUT2D eigenvalue weighted by molar-refractivity contribution is 5.96. The molecule has 1 aromatic carbocycles. The first kappa shape index (κ1) is 19.2. The molecule has 146 valence electrons. The van der Waals surface area contributed by atoms with E-state index in [1.54, 1.807) is 17.0 Å². The van der Waals surface area contributed by atoms with Crippen LogP contribution >= 0.6 is 0 Å². The fourth-order valence-corrected chi connectivity index (χ4v) is 3.51. The normalized spacial score (nSPS) is 17.6. The molecule has 0 atom stereocenters. The summed E-state index contributed by atoms with van der Waals surface area (Å²) in [5, 5.41) is 2.68. The summed E-state index contributed by atoms with van der Waals surface area (Å²) in [4.78, 5) is 42.5. The SMILES string of the molecule is Cc1ccc(C(=O)NCC(=O)N2CCN(C(=O)N3CCCCC3)CC2)cc1. The molecule has 2 aliphatic rings. The zero-order valence-corrected chi connectivity index (χ0v) is 15.9. The Morgan fingerprint density at radius 1 is 0.815 bits per heavy atom. The molecule has 0 unspecified atom stereocenters. The number of carbonyl (C=O) groups is 3. The molecule has 2 aliphatic heterocycles. The van der Waals surface area contributed by atoms with Crippen molar-refractivity contribution in [2.75, 3.05) is 45.8 Å². The van der Waals surface area contributed by atoms with Crippen molar-refractivity contribution in [1.82, 2.24) is 20.0 Å². The Hall–Kier alpha value is -2.57. The fourth-order valence-electron chi connectivity index (χ4n) is 3.51. The van der Waals surface area contributed by atoms with E-state index in [1.165, 1.54) is 6.42 Å². The maximum Gasteiger partial charge on any atom is 0.320 e. The van der Waals surface area contributed by atoms with E-state index in [4.69, 9.17) is 0 Å². The Morgan fingerprint density at radius 3 is 2.00 bits per heavy atom. The first-order chi connectivity index (χ1) is 13.0. The van der Waals surface area contributed by atoms with Crippen LogP contribution in [0.2, 0.25) is 0 Å². The van der Waals surface area contributed by atoms with Crippen molar-refractivity contribution in [3.63, 3.8) is 0 Å². The lowest BCUT2D eigenvalue weighted by molar-refractivity contribution is -0.131. The molecule has 7 nitrogen and oxygen atoms in total. The van der Waals surface area contributed by atoms with E-state index in [0.29, 0.717) is 31.7 Å². The Kier molecular flexibility index (Phi) is 6.32. The van der Waals surface area contributed by atoms with E-state index < -0.39 is 0 Å². The highest BCUT2D eigenvalue weighted by Crippen LogP contribution is 2.13. The predicted molar refractivity (Wildman–Crippen MR) is 102 cm³/mol. The molecule has 2 heterocycles. The second-order valence-corrected chi connectivity index (χ2v) is 7.25. The Labute approximate surface area is 160 Å². The van der Waals surface area contributed by atoms with Crippen LogP contribution in [-0.4, -0.2) is 78.4 Å². The van der Waals surface area contributed by atoms with Crippen molar-refractivity contribution in [3.05, 3.63) is 35.4 Å². The summed E-state index contributed by atoms with van der Waals surface area (Å²) >= 11 is 0. The minimum absolute atomic E-state index is 0.0211. The maximum absolute atomic E-state index is 12.5. The van der Waals surface area contributed by atoms with Crippen LogP contribution in [0.3, 0.4) is 0 Å². The van der Waals surface area contributed by atoms with Gasteiger partial charge in [-0.25, -0.2) is 4.79 Å². The highest BCUT2D eigenvalue weighted by Gasteiger charge is 2.27. The van der Waals surface area contributed by atoms with Gasteiger partial charge in [-0.05, 0) is 38.3 Å². The number of likely N-dealkylation sites (tertiary alicyclic amines) is 1. The number of nitrogens with zero attached hydrogens (tertiary/aromatic N) is 3. The maximum atomic E-state index is 12.5. The molecule has 27 heavy (non-hydrogen) atoms. The third-order valence-electron chi connectivity index (χ3n) is 5.24. The van der Waals surface area contributed by atoms with Gasteiger partial charge in [-0.1, -0.05) is 17.7 Å². The van der Waals surface area contributed by atoms with Crippen molar-refractivity contribution >= 4 is 17.8 Å². The minimum atomic E-state index is -0.248. The molecule has 2 saturated heterocycles. The van der Waals surface area contributed by atoms with Gasteiger partial charge in [0.05, 0.1) is 6.54 Å². The van der Waals surface area contributed by atoms with Gasteiger partial charge in [-0.2, -0.15) is 0 Å². The summed E-state index contributed by atoms with van der Waals surface area (Å²) in [6.45, 7) is 5.73. The van der Waals surface area contributed by atoms with Gasteiger partial charge in [0, 0.05) is 44.8 Å². The van der Waals surface area contributed by atoms with Crippen LogP contribution in [0.1, 0.15) is 35.2 Å². The van der Waals surface area contributed by atoms with E-state index in [-0.39, 0.29) is 24.4 Å². The van der Waals surface area contributed by atoms with Gasteiger partial charge in [-0.3, -0.25) is 9.59 Å². The smallest absolute Gasteiger partial charge is 0.320 e. The van der Waals surface area contributed by atoms with E-state index in [1.807, 2.05) is 28.9 Å². The Balaban J connectivity index is 1.42. The Bertz CT molecular complexity index is 675. The van der Waals surface area contributed by atoms with Crippen LogP contribution in [0.4, 0.5) is 4.79 Å². The number of piperidine rings is 1. The van der Waals surface area contributed by atoms with Crippen LogP contribution in [0.15, 0.2) is 24.3 Å². The number of amides is 4. The fraction of sp³-hybridized carbons (Fsp3) is 0.550. The summed E-state index contributed by atoms with van der Waals surface area (Å²) in [5.41, 5.74) is 1.63. The molecular formula is C20H28N4O3. The molecule has 1 aromatic rings. The molecule has 0 aliphatic carbocycles. The van der Waals surface area contributed by atoms with Crippen LogP contribution in [0.5, 0.6) is 0 Å². The molecule has 7 heteroatoms. The average Bonchev–Trinajstić information content (AvgIpc) is 2.72. The van der Waals surface area contributed by atoms with Gasteiger partial charge in [0.1, 0.15) is 0 Å². The summed E-state index contributed by atoms with van der Waals surface area (Å²) in [6, 6.07) is 7.33. The first-order valence-electron chi connectivity index (χ1n) is 9.71. The average molecular weight is 372 g/mol. The Morgan fingerprint density at radius 2 is 1.37 bits per heavy atom. The topological polar surface area (TPSA) is 73.0 Å². The third kappa shape index (κ3) is 4.99. The standard InChI is InChI=1S/C20H28N4O3/c1-16-5-7-17(8-6-16)19(26)21-15-18(25)22-11-13-24(14-12-22)20(27)23-9-3-2-4-10-23/h5-8H,2-4,9-15H2,1H3,(H,21,26). The molecular weight excluding hydrogens is 344 g/mol. The van der Waals surface area contributed by atoms with Crippen molar-refractivity contribution in [3.8, 4) is 0 Å². The summed E-state index contributed by atoms with van der Waals surface area (Å²) in [6.07, 6.45) is 3.34. The summed E-state index contributed by atoms with van der Waals surface area (Å²) in [7, 11) is 0. The van der Waals surface area contributed by atoms with Crippen molar-refractivity contribution in [2.45, 2.75) is 26.2 Å². The van der Waals surface area contributed by atoms with Gasteiger partial charge in [0.25, 0.3) is 5.91 Å². The molecule has 4 amide bonds. The van der Waals surface area contributed by atoms with E-state index in [0.717, 1.165) is 31.5 Å². The van der Waals surface area contributed by atoms with Gasteiger partial charge in [-0.15, -0.1) is 0 Å². The third-order valence-corrected chi connectivity index (χ3v) is 5.24. The molecule has 1 N–H and O–H groups in total. The summed E-state index contributed by atoms with van der Waals surface area (Å²) in [5.74, 6) is -0.359. The van der Waals surface area contributed by atoms with Gasteiger partial charge in [0.2, 0.25) is 5.91 Å². The lowest BCUT2D eigenvalue weighted by Crippen LogP contribution is -2.55. The molecule has 3 rings (SSSR count). The van der Waals surface area contributed by atoms with Crippen LogP contribution < -0.4 is 5.32 Å².